The number of hydrogen-bond acceptors (Lipinski definition) is 5. The lowest BCUT2D eigenvalue weighted by Crippen LogP contribution is -2.41. The van der Waals surface area contributed by atoms with Crippen LogP contribution in [0.25, 0.3) is 0 Å². The van der Waals surface area contributed by atoms with Gasteiger partial charge in [0.05, 0.1) is 23.5 Å². The van der Waals surface area contributed by atoms with E-state index >= 15 is 0 Å². The van der Waals surface area contributed by atoms with Crippen molar-refractivity contribution in [3.63, 3.8) is 0 Å². The molecular weight excluding hydrogens is 396 g/mol. The normalized spacial score (nSPS) is 15.5. The Morgan fingerprint density at radius 3 is 2.58 bits per heavy atom. The van der Waals surface area contributed by atoms with E-state index in [-0.39, 0.29) is 24.3 Å². The van der Waals surface area contributed by atoms with Gasteiger partial charge in [-0.1, -0.05) is 31.9 Å². The Labute approximate surface area is 182 Å². The highest BCUT2D eigenvalue weighted by atomic mass is 16.5. The Morgan fingerprint density at radius 1 is 1.10 bits per heavy atom. The van der Waals surface area contributed by atoms with Gasteiger partial charge in [-0.05, 0) is 49.7 Å². The fourth-order valence-corrected chi connectivity index (χ4v) is 3.48. The van der Waals surface area contributed by atoms with Crippen LogP contribution in [0.4, 0.5) is 11.4 Å². The molecule has 1 heterocycles. The third-order valence-electron chi connectivity index (χ3n) is 5.06. The standard InChI is InChI=1S/C24H28N2O5/c1-3-4-7-14-30-19-12-10-18(11-13-19)24(29)31-16-23(28)26-17(2)15-22(27)25-20-8-5-6-9-21(20)26/h5-6,8-13,17H,3-4,7,14-16H2,1-2H3,(H,25,27). The monoisotopic (exact) mass is 424 g/mol. The van der Waals surface area contributed by atoms with E-state index in [1.807, 2.05) is 0 Å². The molecule has 1 N–H and O–H groups in total. The number of fused-ring (bicyclic) bond motifs is 1. The van der Waals surface area contributed by atoms with Crippen LogP contribution >= 0.6 is 0 Å². The van der Waals surface area contributed by atoms with Crippen molar-refractivity contribution in [2.24, 2.45) is 0 Å². The molecule has 2 aromatic rings. The lowest BCUT2D eigenvalue weighted by molar-refractivity contribution is -0.122. The van der Waals surface area contributed by atoms with Gasteiger partial charge in [0.25, 0.3) is 5.91 Å². The van der Waals surface area contributed by atoms with Gasteiger partial charge in [0.2, 0.25) is 5.91 Å². The number of anilines is 2. The summed E-state index contributed by atoms with van der Waals surface area (Å²) in [7, 11) is 0. The molecule has 0 fully saturated rings. The SMILES string of the molecule is CCCCCOc1ccc(C(=O)OCC(=O)N2c3ccccc3NC(=O)CC2C)cc1. The molecule has 0 aliphatic carbocycles. The molecule has 31 heavy (non-hydrogen) atoms. The molecule has 0 aromatic heterocycles. The second kappa shape index (κ2) is 10.6. The van der Waals surface area contributed by atoms with Crippen molar-refractivity contribution in [1.29, 1.82) is 0 Å². The van der Waals surface area contributed by atoms with E-state index in [0.717, 1.165) is 19.3 Å². The highest BCUT2D eigenvalue weighted by molar-refractivity contribution is 6.05. The number of carbonyl (C=O) groups is 3. The lowest BCUT2D eigenvalue weighted by atomic mass is 10.1. The van der Waals surface area contributed by atoms with Crippen LogP contribution in [0.15, 0.2) is 48.5 Å². The molecule has 0 saturated carbocycles. The Balaban J connectivity index is 1.60. The second-order valence-corrected chi connectivity index (χ2v) is 7.54. The number of hydrogen-bond donors (Lipinski definition) is 1. The molecule has 3 rings (SSSR count). The van der Waals surface area contributed by atoms with Crippen molar-refractivity contribution >= 4 is 29.2 Å². The molecule has 1 atom stereocenters. The Kier molecular flexibility index (Phi) is 7.65. The van der Waals surface area contributed by atoms with Gasteiger partial charge < -0.3 is 19.7 Å². The van der Waals surface area contributed by atoms with Crippen LogP contribution in [0.2, 0.25) is 0 Å². The number of benzene rings is 2. The zero-order valence-electron chi connectivity index (χ0n) is 17.9. The van der Waals surface area contributed by atoms with E-state index in [0.29, 0.717) is 29.3 Å². The zero-order valence-corrected chi connectivity index (χ0v) is 17.9. The number of carbonyl (C=O) groups excluding carboxylic acids is 3. The van der Waals surface area contributed by atoms with Crippen LogP contribution in [-0.4, -0.2) is 37.0 Å². The molecule has 1 unspecified atom stereocenters. The average Bonchev–Trinajstić information content (AvgIpc) is 2.89. The number of rotatable bonds is 8. The number of nitrogens with zero attached hydrogens (tertiary/aromatic N) is 1. The lowest BCUT2D eigenvalue weighted by Gasteiger charge is -2.27. The van der Waals surface area contributed by atoms with Crippen molar-refractivity contribution < 1.29 is 23.9 Å². The number of esters is 1. The van der Waals surface area contributed by atoms with E-state index < -0.39 is 12.6 Å². The molecule has 0 radical (unpaired) electrons. The van der Waals surface area contributed by atoms with Crippen LogP contribution in [0.3, 0.4) is 0 Å². The number of unbranched alkanes of at least 4 members (excludes halogenated alkanes) is 2. The van der Waals surface area contributed by atoms with Crippen LogP contribution in [0.5, 0.6) is 5.75 Å². The molecule has 1 aliphatic rings. The fraction of sp³-hybridized carbons (Fsp3) is 0.375. The van der Waals surface area contributed by atoms with Crippen molar-refractivity contribution in [1.82, 2.24) is 0 Å². The van der Waals surface area contributed by atoms with Crippen LogP contribution in [0, 0.1) is 0 Å². The quantitative estimate of drug-likeness (QED) is 0.508. The molecule has 2 amide bonds. The Morgan fingerprint density at radius 2 is 1.84 bits per heavy atom. The van der Waals surface area contributed by atoms with E-state index in [1.54, 1.807) is 55.5 Å². The predicted octanol–water partition coefficient (Wildman–Crippen LogP) is 4.18. The Bertz CT molecular complexity index is 926. The summed E-state index contributed by atoms with van der Waals surface area (Å²) in [4.78, 5) is 38.8. The fourth-order valence-electron chi connectivity index (χ4n) is 3.48. The van der Waals surface area contributed by atoms with E-state index in [1.165, 1.54) is 4.90 Å². The van der Waals surface area contributed by atoms with Gasteiger partial charge >= 0.3 is 5.97 Å². The number of ether oxygens (including phenoxy) is 2. The van der Waals surface area contributed by atoms with E-state index in [9.17, 15) is 14.4 Å². The summed E-state index contributed by atoms with van der Waals surface area (Å²) in [5.41, 5.74) is 1.49. The predicted molar refractivity (Wildman–Crippen MR) is 118 cm³/mol. The van der Waals surface area contributed by atoms with Gasteiger partial charge in [-0.25, -0.2) is 4.79 Å². The minimum Gasteiger partial charge on any atom is -0.494 e. The maximum Gasteiger partial charge on any atom is 0.338 e. The van der Waals surface area contributed by atoms with Gasteiger partial charge in [-0.2, -0.15) is 0 Å². The summed E-state index contributed by atoms with van der Waals surface area (Å²) in [6.45, 7) is 4.15. The molecular formula is C24H28N2O5. The molecule has 2 aromatic carbocycles. The first-order valence-corrected chi connectivity index (χ1v) is 10.6. The van der Waals surface area contributed by atoms with E-state index in [2.05, 4.69) is 12.2 Å². The molecule has 164 valence electrons. The topological polar surface area (TPSA) is 84.9 Å². The third kappa shape index (κ3) is 5.84. The molecule has 0 spiro atoms. The van der Waals surface area contributed by atoms with Gasteiger partial charge in [-0.3, -0.25) is 9.59 Å². The smallest absolute Gasteiger partial charge is 0.338 e. The van der Waals surface area contributed by atoms with Crippen molar-refractivity contribution in [2.45, 2.75) is 45.6 Å². The average molecular weight is 424 g/mol. The third-order valence-corrected chi connectivity index (χ3v) is 5.06. The van der Waals surface area contributed by atoms with Gasteiger partial charge in [0.1, 0.15) is 5.75 Å². The molecule has 7 nitrogen and oxygen atoms in total. The summed E-state index contributed by atoms with van der Waals surface area (Å²) < 4.78 is 10.9. The van der Waals surface area contributed by atoms with Gasteiger partial charge in [0, 0.05) is 12.5 Å². The largest absolute Gasteiger partial charge is 0.494 e. The molecule has 0 bridgehead atoms. The summed E-state index contributed by atoms with van der Waals surface area (Å²) in [6, 6.07) is 13.4. The van der Waals surface area contributed by atoms with E-state index in [4.69, 9.17) is 9.47 Å². The summed E-state index contributed by atoms with van der Waals surface area (Å²) >= 11 is 0. The number of amides is 2. The highest BCUT2D eigenvalue weighted by Gasteiger charge is 2.30. The van der Waals surface area contributed by atoms with Crippen LogP contribution in [0.1, 0.15) is 49.9 Å². The molecule has 1 aliphatic heterocycles. The maximum atomic E-state index is 12.9. The van der Waals surface area contributed by atoms with Gasteiger partial charge in [0.15, 0.2) is 6.61 Å². The van der Waals surface area contributed by atoms with Crippen molar-refractivity contribution in [2.75, 3.05) is 23.4 Å². The van der Waals surface area contributed by atoms with Crippen molar-refractivity contribution in [3.8, 4) is 5.75 Å². The summed E-state index contributed by atoms with van der Waals surface area (Å²) in [5.74, 6) is -0.448. The first-order chi connectivity index (χ1) is 15.0. The zero-order chi connectivity index (χ0) is 22.2. The van der Waals surface area contributed by atoms with Gasteiger partial charge in [-0.15, -0.1) is 0 Å². The second-order valence-electron chi connectivity index (χ2n) is 7.54. The first kappa shape index (κ1) is 22.3. The maximum absolute atomic E-state index is 12.9. The molecule has 0 saturated heterocycles. The van der Waals surface area contributed by atoms with Crippen molar-refractivity contribution in [3.05, 3.63) is 54.1 Å². The highest BCUT2D eigenvalue weighted by Crippen LogP contribution is 2.31. The number of nitrogens with one attached hydrogen (secondary N) is 1. The first-order valence-electron chi connectivity index (χ1n) is 10.6. The molecule has 7 heteroatoms. The van der Waals surface area contributed by atoms with Crippen LogP contribution < -0.4 is 15.0 Å². The minimum atomic E-state index is -0.587. The Hall–Kier alpha value is -3.35. The minimum absolute atomic E-state index is 0.161. The summed E-state index contributed by atoms with van der Waals surface area (Å²) in [5, 5.41) is 2.80. The summed E-state index contributed by atoms with van der Waals surface area (Å²) in [6.07, 6.45) is 3.39. The van der Waals surface area contributed by atoms with Crippen LogP contribution in [-0.2, 0) is 14.3 Å². The number of para-hydroxylation sites is 2.